The smallest absolute Gasteiger partial charge is 0.343 e. The van der Waals surface area contributed by atoms with Gasteiger partial charge in [-0.05, 0) is 61.0 Å². The van der Waals surface area contributed by atoms with E-state index in [-0.39, 0.29) is 22.9 Å². The molecule has 4 rings (SSSR count). The number of rotatable bonds is 8. The van der Waals surface area contributed by atoms with Crippen LogP contribution in [0.2, 0.25) is 0 Å². The van der Waals surface area contributed by atoms with Crippen molar-refractivity contribution in [1.29, 1.82) is 0 Å². The van der Waals surface area contributed by atoms with Crippen LogP contribution >= 0.6 is 0 Å². The quantitative estimate of drug-likeness (QED) is 0.380. The summed E-state index contributed by atoms with van der Waals surface area (Å²) in [6, 6.07) is 16.5. The van der Waals surface area contributed by atoms with E-state index in [0.29, 0.717) is 22.5 Å². The van der Waals surface area contributed by atoms with Gasteiger partial charge in [0.05, 0.1) is 24.8 Å². The van der Waals surface area contributed by atoms with E-state index in [9.17, 15) is 13.2 Å². The van der Waals surface area contributed by atoms with Gasteiger partial charge in [-0.15, -0.1) is 15.0 Å². The molecule has 0 fully saturated rings. The van der Waals surface area contributed by atoms with Gasteiger partial charge in [-0.3, -0.25) is 4.72 Å². The second kappa shape index (κ2) is 9.40. The molecule has 4 aromatic rings. The summed E-state index contributed by atoms with van der Waals surface area (Å²) in [7, 11) is -1.27. The molecule has 176 valence electrons. The van der Waals surface area contributed by atoms with Crippen molar-refractivity contribution in [3.63, 3.8) is 0 Å². The molecule has 0 saturated heterocycles. The second-order valence-electron chi connectivity index (χ2n) is 7.28. The van der Waals surface area contributed by atoms with E-state index in [1.807, 2.05) is 37.3 Å². The summed E-state index contributed by atoms with van der Waals surface area (Å²) in [5, 5.41) is 8.95. The molecule has 1 N–H and O–H groups in total. The van der Waals surface area contributed by atoms with Gasteiger partial charge in [0.15, 0.2) is 12.4 Å². The normalized spacial score (nSPS) is 11.3. The number of aryl methyl sites for hydroxylation is 1. The molecule has 11 heteroatoms. The number of ether oxygens (including phenoxy) is 3. The number of anilines is 1. The average Bonchev–Trinajstić information content (AvgIpc) is 3.26. The number of sulfonamides is 1. The number of nitrogens with one attached hydrogen (secondary N) is 1. The summed E-state index contributed by atoms with van der Waals surface area (Å²) in [5.41, 5.74) is 2.90. The highest BCUT2D eigenvalue weighted by Crippen LogP contribution is 2.34. The molecule has 0 saturated carbocycles. The summed E-state index contributed by atoms with van der Waals surface area (Å²) in [5.74, 6) is 0.0596. The SMILES string of the molecule is COC(=O)COc1ccc(S(=O)(=O)Nc2cc(C)cc(-n3nc4ccccc4n3)c2OC)cc1. The van der Waals surface area contributed by atoms with Crippen LogP contribution in [0.1, 0.15) is 5.56 Å². The molecule has 34 heavy (non-hydrogen) atoms. The van der Waals surface area contributed by atoms with Crippen LogP contribution in [0.25, 0.3) is 16.7 Å². The van der Waals surface area contributed by atoms with Gasteiger partial charge < -0.3 is 14.2 Å². The first kappa shape index (κ1) is 23.1. The topological polar surface area (TPSA) is 122 Å². The maximum Gasteiger partial charge on any atom is 0.343 e. The van der Waals surface area contributed by atoms with Gasteiger partial charge in [0.2, 0.25) is 0 Å². The predicted octanol–water partition coefficient (Wildman–Crippen LogP) is 3.09. The van der Waals surface area contributed by atoms with Gasteiger partial charge in [0.25, 0.3) is 10.0 Å². The van der Waals surface area contributed by atoms with Crippen molar-refractivity contribution in [2.24, 2.45) is 0 Å². The fourth-order valence-corrected chi connectivity index (χ4v) is 4.33. The number of nitrogens with zero attached hydrogens (tertiary/aromatic N) is 3. The Morgan fingerprint density at radius 1 is 1.00 bits per heavy atom. The zero-order chi connectivity index (χ0) is 24.3. The molecular weight excluding hydrogens is 460 g/mol. The first-order chi connectivity index (χ1) is 16.3. The van der Waals surface area contributed by atoms with E-state index in [1.165, 1.54) is 43.3 Å². The lowest BCUT2D eigenvalue weighted by Crippen LogP contribution is -2.15. The molecular formula is C23H22N4O6S. The van der Waals surface area contributed by atoms with E-state index in [4.69, 9.17) is 9.47 Å². The number of methoxy groups -OCH3 is 2. The molecule has 0 radical (unpaired) electrons. The summed E-state index contributed by atoms with van der Waals surface area (Å²) >= 11 is 0. The standard InChI is InChI=1S/C23H22N4O6S/c1-15-12-20(23(32-3)21(13-15)27-24-18-6-4-5-7-19(18)25-27)26-34(29,30)17-10-8-16(9-11-17)33-14-22(28)31-2/h4-13,26H,14H2,1-3H3. The van der Waals surface area contributed by atoms with Gasteiger partial charge in [0.1, 0.15) is 22.5 Å². The Hall–Kier alpha value is -4.12. The fourth-order valence-electron chi connectivity index (χ4n) is 3.28. The van der Waals surface area contributed by atoms with Crippen molar-refractivity contribution in [1.82, 2.24) is 15.0 Å². The summed E-state index contributed by atoms with van der Waals surface area (Å²) in [6.07, 6.45) is 0. The van der Waals surface area contributed by atoms with Gasteiger partial charge in [-0.2, -0.15) is 0 Å². The molecule has 10 nitrogen and oxygen atoms in total. The van der Waals surface area contributed by atoms with Crippen molar-refractivity contribution in [3.05, 3.63) is 66.2 Å². The van der Waals surface area contributed by atoms with Crippen LogP contribution in [0.3, 0.4) is 0 Å². The molecule has 0 spiro atoms. The van der Waals surface area contributed by atoms with Crippen LogP contribution in [-0.4, -0.2) is 50.2 Å². The molecule has 1 aromatic heterocycles. The van der Waals surface area contributed by atoms with E-state index in [1.54, 1.807) is 6.07 Å². The Labute approximate surface area is 196 Å². The minimum Gasteiger partial charge on any atom is -0.492 e. The monoisotopic (exact) mass is 482 g/mol. The molecule has 3 aromatic carbocycles. The highest BCUT2D eigenvalue weighted by molar-refractivity contribution is 7.92. The zero-order valence-corrected chi connectivity index (χ0v) is 19.5. The van der Waals surface area contributed by atoms with Crippen LogP contribution in [0.5, 0.6) is 11.5 Å². The third kappa shape index (κ3) is 4.79. The first-order valence-corrected chi connectivity index (χ1v) is 11.6. The van der Waals surface area contributed by atoms with Gasteiger partial charge in [-0.25, -0.2) is 13.2 Å². The number of carbonyl (C=O) groups is 1. The third-order valence-corrected chi connectivity index (χ3v) is 6.26. The molecule has 0 aliphatic heterocycles. The van der Waals surface area contributed by atoms with Crippen LogP contribution in [0, 0.1) is 6.92 Å². The number of carbonyl (C=O) groups excluding carboxylic acids is 1. The molecule has 0 aliphatic rings. The summed E-state index contributed by atoms with van der Waals surface area (Å²) in [6.45, 7) is 1.55. The highest BCUT2D eigenvalue weighted by atomic mass is 32.2. The maximum absolute atomic E-state index is 13.1. The lowest BCUT2D eigenvalue weighted by Gasteiger charge is -2.16. The lowest BCUT2D eigenvalue weighted by molar-refractivity contribution is -0.142. The van der Waals surface area contributed by atoms with Crippen LogP contribution in [0.15, 0.2) is 65.6 Å². The average molecular weight is 483 g/mol. The van der Waals surface area contributed by atoms with Crippen molar-refractivity contribution in [2.75, 3.05) is 25.5 Å². The first-order valence-electron chi connectivity index (χ1n) is 10.1. The molecule has 1 heterocycles. The molecule has 0 amide bonds. The van der Waals surface area contributed by atoms with E-state index in [2.05, 4.69) is 19.7 Å². The number of aromatic nitrogens is 3. The fraction of sp³-hybridized carbons (Fsp3) is 0.174. The Balaban J connectivity index is 1.64. The van der Waals surface area contributed by atoms with Crippen LogP contribution in [-0.2, 0) is 19.6 Å². The Morgan fingerprint density at radius 3 is 2.24 bits per heavy atom. The Kier molecular flexibility index (Phi) is 6.37. The number of benzene rings is 3. The number of fused-ring (bicyclic) bond motifs is 1. The van der Waals surface area contributed by atoms with E-state index in [0.717, 1.165) is 5.56 Å². The lowest BCUT2D eigenvalue weighted by atomic mass is 10.2. The number of hydrogen-bond donors (Lipinski definition) is 1. The molecule has 0 atom stereocenters. The Morgan fingerprint density at radius 2 is 1.65 bits per heavy atom. The van der Waals surface area contributed by atoms with Crippen LogP contribution in [0.4, 0.5) is 5.69 Å². The number of esters is 1. The molecule has 0 aliphatic carbocycles. The van der Waals surface area contributed by atoms with Crippen LogP contribution < -0.4 is 14.2 Å². The third-order valence-electron chi connectivity index (χ3n) is 4.88. The molecule has 0 bridgehead atoms. The van der Waals surface area contributed by atoms with E-state index >= 15 is 0 Å². The number of hydrogen-bond acceptors (Lipinski definition) is 8. The summed E-state index contributed by atoms with van der Waals surface area (Å²) < 4.78 is 44.1. The van der Waals surface area contributed by atoms with Crippen molar-refractivity contribution in [3.8, 4) is 17.2 Å². The van der Waals surface area contributed by atoms with Gasteiger partial charge in [0, 0.05) is 0 Å². The van der Waals surface area contributed by atoms with Crippen molar-refractivity contribution < 1.29 is 27.4 Å². The van der Waals surface area contributed by atoms with Crippen molar-refractivity contribution in [2.45, 2.75) is 11.8 Å². The van der Waals surface area contributed by atoms with E-state index < -0.39 is 16.0 Å². The minimum atomic E-state index is -3.97. The predicted molar refractivity (Wildman–Crippen MR) is 125 cm³/mol. The molecule has 0 unspecified atom stereocenters. The zero-order valence-electron chi connectivity index (χ0n) is 18.7. The highest BCUT2D eigenvalue weighted by Gasteiger charge is 2.21. The second-order valence-corrected chi connectivity index (χ2v) is 8.97. The van der Waals surface area contributed by atoms with Crippen molar-refractivity contribution >= 4 is 32.7 Å². The van der Waals surface area contributed by atoms with Gasteiger partial charge >= 0.3 is 5.97 Å². The Bertz CT molecular complexity index is 1420. The van der Waals surface area contributed by atoms with Gasteiger partial charge in [-0.1, -0.05) is 12.1 Å². The maximum atomic E-state index is 13.1. The summed E-state index contributed by atoms with van der Waals surface area (Å²) in [4.78, 5) is 12.6. The largest absolute Gasteiger partial charge is 0.492 e. The minimum absolute atomic E-state index is 0.00554.